The number of furan rings is 1. The highest BCUT2D eigenvalue weighted by molar-refractivity contribution is 7.89. The average Bonchev–Trinajstić information content (AvgIpc) is 3.28. The van der Waals surface area contributed by atoms with Crippen molar-refractivity contribution in [1.29, 1.82) is 5.26 Å². The van der Waals surface area contributed by atoms with E-state index in [1.165, 1.54) is 6.07 Å². The molecule has 0 saturated heterocycles. The maximum Gasteiger partial charge on any atom is 0.407 e. The fourth-order valence-electron chi connectivity index (χ4n) is 2.55. The maximum absolute atomic E-state index is 15.1. The molecule has 1 N–H and O–H groups in total. The second kappa shape index (κ2) is 7.36. The van der Waals surface area contributed by atoms with Crippen LogP contribution < -0.4 is 0 Å². The van der Waals surface area contributed by atoms with Gasteiger partial charge in [0.05, 0.1) is 12.1 Å². The normalized spacial score (nSPS) is 11.2. The van der Waals surface area contributed by atoms with Gasteiger partial charge in [-0.3, -0.25) is 0 Å². The van der Waals surface area contributed by atoms with E-state index in [4.69, 9.17) is 14.8 Å². The monoisotopic (exact) mass is 422 g/mol. The molecule has 0 fully saturated rings. The van der Waals surface area contributed by atoms with Gasteiger partial charge in [0, 0.05) is 25.0 Å². The summed E-state index contributed by atoms with van der Waals surface area (Å²) in [6.07, 6.45) is 0.558. The highest BCUT2D eigenvalue weighted by atomic mass is 32.2. The summed E-state index contributed by atoms with van der Waals surface area (Å²) in [4.78, 5) is 15.2. The Bertz CT molecular complexity index is 1240. The van der Waals surface area contributed by atoms with Crippen molar-refractivity contribution in [3.8, 4) is 17.3 Å². The number of hydrogen-bond acceptors (Lipinski definition) is 6. The van der Waals surface area contributed by atoms with Crippen LogP contribution in [-0.4, -0.2) is 40.5 Å². The molecule has 0 spiro atoms. The molecule has 12 heteroatoms. The summed E-state index contributed by atoms with van der Waals surface area (Å²) in [7, 11) is -3.43. The van der Waals surface area contributed by atoms with Crippen molar-refractivity contribution in [3.63, 3.8) is 0 Å². The number of nitriles is 1. The SMILES string of the molecule is CN(Cc1cn(S(=O)(=O)c2ccc(C#N)o2)c(-c2cccnc2F)c1F)C(=O)O. The van der Waals surface area contributed by atoms with Crippen LogP contribution in [0.15, 0.2) is 46.2 Å². The predicted octanol–water partition coefficient (Wildman–Crippen LogP) is 2.64. The number of hydrogen-bond donors (Lipinski definition) is 1. The molecule has 29 heavy (non-hydrogen) atoms. The summed E-state index contributed by atoms with van der Waals surface area (Å²) in [6.45, 7) is -0.500. The third kappa shape index (κ3) is 3.55. The Labute approximate surface area is 163 Å². The van der Waals surface area contributed by atoms with E-state index in [1.807, 2.05) is 0 Å². The van der Waals surface area contributed by atoms with Crippen molar-refractivity contribution in [2.75, 3.05) is 7.05 Å². The molecule has 0 aromatic carbocycles. The van der Waals surface area contributed by atoms with Crippen molar-refractivity contribution in [2.45, 2.75) is 11.6 Å². The van der Waals surface area contributed by atoms with Gasteiger partial charge in [0.2, 0.25) is 16.8 Å². The minimum atomic E-state index is -4.58. The van der Waals surface area contributed by atoms with Crippen molar-refractivity contribution >= 4 is 16.1 Å². The van der Waals surface area contributed by atoms with Crippen LogP contribution in [0.25, 0.3) is 11.3 Å². The van der Waals surface area contributed by atoms with E-state index < -0.39 is 50.8 Å². The van der Waals surface area contributed by atoms with Gasteiger partial charge in [-0.25, -0.2) is 18.1 Å². The van der Waals surface area contributed by atoms with Crippen LogP contribution in [0.5, 0.6) is 0 Å². The van der Waals surface area contributed by atoms with E-state index in [-0.39, 0.29) is 11.3 Å². The second-order valence-corrected chi connectivity index (χ2v) is 7.57. The Morgan fingerprint density at radius 2 is 2.10 bits per heavy atom. The number of rotatable bonds is 5. The molecule has 9 nitrogen and oxygen atoms in total. The first-order chi connectivity index (χ1) is 13.7. The molecule has 3 aromatic rings. The predicted molar refractivity (Wildman–Crippen MR) is 93.1 cm³/mol. The lowest BCUT2D eigenvalue weighted by Crippen LogP contribution is -2.24. The summed E-state index contributed by atoms with van der Waals surface area (Å²) in [5.41, 5.74) is -1.45. The van der Waals surface area contributed by atoms with E-state index >= 15 is 4.39 Å². The Morgan fingerprint density at radius 3 is 2.69 bits per heavy atom. The van der Waals surface area contributed by atoms with Crippen molar-refractivity contribution in [3.05, 3.63) is 59.7 Å². The van der Waals surface area contributed by atoms with Gasteiger partial charge in [0.15, 0.2) is 5.82 Å². The molecule has 3 aromatic heterocycles. The Kier molecular flexibility index (Phi) is 5.08. The van der Waals surface area contributed by atoms with Crippen LogP contribution in [0, 0.1) is 23.1 Å². The number of nitrogens with zero attached hydrogens (tertiary/aromatic N) is 4. The molecule has 0 atom stereocenters. The second-order valence-electron chi connectivity index (χ2n) is 5.83. The van der Waals surface area contributed by atoms with Gasteiger partial charge in [0.1, 0.15) is 11.8 Å². The fourth-order valence-corrected chi connectivity index (χ4v) is 3.86. The van der Waals surface area contributed by atoms with E-state index in [0.29, 0.717) is 3.97 Å². The first-order valence-corrected chi connectivity index (χ1v) is 9.31. The summed E-state index contributed by atoms with van der Waals surface area (Å²) in [5, 5.41) is 17.2. The molecule has 150 valence electrons. The quantitative estimate of drug-likeness (QED) is 0.626. The average molecular weight is 422 g/mol. The maximum atomic E-state index is 15.1. The van der Waals surface area contributed by atoms with E-state index in [9.17, 15) is 17.6 Å². The smallest absolute Gasteiger partial charge is 0.407 e. The Balaban J connectivity index is 2.26. The van der Waals surface area contributed by atoms with Crippen LogP contribution in [-0.2, 0) is 16.6 Å². The Hall–Kier alpha value is -3.72. The molecule has 3 rings (SSSR count). The Morgan fingerprint density at radius 1 is 1.38 bits per heavy atom. The van der Waals surface area contributed by atoms with Crippen molar-refractivity contribution in [2.24, 2.45) is 0 Å². The van der Waals surface area contributed by atoms with Gasteiger partial charge in [-0.2, -0.15) is 18.1 Å². The minimum Gasteiger partial charge on any atom is -0.465 e. The lowest BCUT2D eigenvalue weighted by atomic mass is 10.2. The first kappa shape index (κ1) is 20.0. The number of amides is 1. The van der Waals surface area contributed by atoms with Crippen LogP contribution in [0.1, 0.15) is 11.3 Å². The van der Waals surface area contributed by atoms with Crippen LogP contribution in [0.4, 0.5) is 13.6 Å². The van der Waals surface area contributed by atoms with E-state index in [0.717, 1.165) is 42.5 Å². The van der Waals surface area contributed by atoms with Crippen LogP contribution in [0.2, 0.25) is 0 Å². The molecule has 0 aliphatic rings. The van der Waals surface area contributed by atoms with Gasteiger partial charge in [-0.15, -0.1) is 0 Å². The molecule has 1 amide bonds. The number of carboxylic acid groups (broad SMARTS) is 1. The zero-order chi connectivity index (χ0) is 21.3. The third-order valence-corrected chi connectivity index (χ3v) is 5.47. The summed E-state index contributed by atoms with van der Waals surface area (Å²) < 4.78 is 60.7. The molecule has 0 aliphatic carbocycles. The molecule has 0 aliphatic heterocycles. The highest BCUT2D eigenvalue weighted by Gasteiger charge is 2.31. The molecule has 0 radical (unpaired) electrons. The summed E-state index contributed by atoms with van der Waals surface area (Å²) in [6, 6.07) is 6.14. The first-order valence-electron chi connectivity index (χ1n) is 7.87. The largest absolute Gasteiger partial charge is 0.465 e. The minimum absolute atomic E-state index is 0.295. The zero-order valence-corrected chi connectivity index (χ0v) is 15.5. The molecule has 0 saturated carbocycles. The van der Waals surface area contributed by atoms with Crippen molar-refractivity contribution in [1.82, 2.24) is 13.9 Å². The van der Waals surface area contributed by atoms with Gasteiger partial charge in [-0.05, 0) is 24.3 Å². The number of carbonyl (C=O) groups is 1. The number of aromatic nitrogens is 2. The molecule has 3 heterocycles. The number of halogens is 2. The number of pyridine rings is 1. The zero-order valence-electron chi connectivity index (χ0n) is 14.7. The van der Waals surface area contributed by atoms with E-state index in [2.05, 4.69) is 4.98 Å². The standard InChI is InChI=1S/C17H12F2N4O5S/c1-22(17(24)25)8-10-9-23(29(26,27)13-5-4-11(7-20)28-13)15(14(10)18)12-3-2-6-21-16(12)19/h2-6,9H,8H2,1H3,(H,24,25). The molecular formula is C17H12F2N4O5S. The molecule has 0 bridgehead atoms. The molecule has 0 unspecified atom stereocenters. The van der Waals surface area contributed by atoms with Crippen LogP contribution in [0.3, 0.4) is 0 Å². The highest BCUT2D eigenvalue weighted by Crippen LogP contribution is 2.32. The van der Waals surface area contributed by atoms with Gasteiger partial charge >= 0.3 is 16.1 Å². The van der Waals surface area contributed by atoms with Crippen molar-refractivity contribution < 1.29 is 31.5 Å². The van der Waals surface area contributed by atoms with Crippen LogP contribution >= 0.6 is 0 Å². The molecular weight excluding hydrogens is 410 g/mol. The lowest BCUT2D eigenvalue weighted by molar-refractivity contribution is 0.153. The fraction of sp³-hybridized carbons (Fsp3) is 0.118. The summed E-state index contributed by atoms with van der Waals surface area (Å²) >= 11 is 0. The summed E-state index contributed by atoms with van der Waals surface area (Å²) in [5.74, 6) is -2.56. The lowest BCUT2D eigenvalue weighted by Gasteiger charge is -2.11. The van der Waals surface area contributed by atoms with Gasteiger partial charge in [-0.1, -0.05) is 0 Å². The van der Waals surface area contributed by atoms with Gasteiger partial charge in [0.25, 0.3) is 0 Å². The third-order valence-electron chi connectivity index (χ3n) is 3.94. The van der Waals surface area contributed by atoms with E-state index in [1.54, 1.807) is 6.07 Å². The van der Waals surface area contributed by atoms with Gasteiger partial charge < -0.3 is 14.4 Å². The topological polar surface area (TPSA) is 129 Å².